The number of aromatic amines is 1. The van der Waals surface area contributed by atoms with E-state index in [1.54, 1.807) is 0 Å². The monoisotopic (exact) mass is 378 g/mol. The fourth-order valence-corrected chi connectivity index (χ4v) is 2.78. The van der Waals surface area contributed by atoms with Gasteiger partial charge < -0.3 is 9.26 Å². The van der Waals surface area contributed by atoms with E-state index >= 15 is 0 Å². The number of nitrogens with one attached hydrogen (secondary N) is 1. The predicted molar refractivity (Wildman–Crippen MR) is 106 cm³/mol. The van der Waals surface area contributed by atoms with Crippen molar-refractivity contribution in [2.24, 2.45) is 5.92 Å². The van der Waals surface area contributed by atoms with Gasteiger partial charge in [-0.05, 0) is 47.7 Å². The van der Waals surface area contributed by atoms with Crippen molar-refractivity contribution in [1.82, 2.24) is 9.72 Å². The third-order valence-corrected chi connectivity index (χ3v) is 3.99. The molecule has 6 heteroatoms. The fraction of sp³-hybridized carbons (Fsp3) is 0.273. The van der Waals surface area contributed by atoms with Crippen LogP contribution in [0.1, 0.15) is 30.5 Å². The predicted octanol–water partition coefficient (Wildman–Crippen LogP) is 2.81. The Morgan fingerprint density at radius 1 is 1.11 bits per heavy atom. The third kappa shape index (κ3) is 5.52. The highest BCUT2D eigenvalue weighted by atomic mass is 16.5. The van der Waals surface area contributed by atoms with E-state index in [2.05, 4.69) is 42.8 Å². The summed E-state index contributed by atoms with van der Waals surface area (Å²) in [6.45, 7) is 4.83. The molecule has 0 spiro atoms. The maximum absolute atomic E-state index is 11.5. The summed E-state index contributed by atoms with van der Waals surface area (Å²) in [6.07, 6.45) is 1.05. The molecule has 0 saturated heterocycles. The lowest BCUT2D eigenvalue weighted by molar-refractivity contribution is 0.258. The van der Waals surface area contributed by atoms with Crippen LogP contribution in [0, 0.1) is 17.8 Å². The molecule has 0 unspecified atom stereocenters. The van der Waals surface area contributed by atoms with E-state index < -0.39 is 11.4 Å². The van der Waals surface area contributed by atoms with Gasteiger partial charge in [-0.15, -0.1) is 4.74 Å². The second kappa shape index (κ2) is 8.96. The van der Waals surface area contributed by atoms with Crippen molar-refractivity contribution in [2.45, 2.75) is 26.8 Å². The lowest BCUT2D eigenvalue weighted by atomic mass is 10.0. The van der Waals surface area contributed by atoms with Crippen LogP contribution in [0.5, 0.6) is 5.75 Å². The largest absolute Gasteiger partial charge is 0.481 e. The maximum atomic E-state index is 11.5. The zero-order valence-electron chi connectivity index (χ0n) is 15.9. The molecule has 144 valence electrons. The summed E-state index contributed by atoms with van der Waals surface area (Å²) in [5.74, 6) is 6.67. The molecule has 1 heterocycles. The van der Waals surface area contributed by atoms with Crippen LogP contribution in [0.2, 0.25) is 0 Å². The van der Waals surface area contributed by atoms with E-state index in [4.69, 9.17) is 9.26 Å². The summed E-state index contributed by atoms with van der Waals surface area (Å²) in [6, 6.07) is 15.5. The summed E-state index contributed by atoms with van der Waals surface area (Å²) < 4.78 is 11.4. The lowest BCUT2D eigenvalue weighted by Crippen LogP contribution is -2.17. The molecule has 6 nitrogen and oxygen atoms in total. The van der Waals surface area contributed by atoms with Gasteiger partial charge in [-0.1, -0.05) is 50.0 Å². The van der Waals surface area contributed by atoms with Gasteiger partial charge in [-0.25, -0.2) is 14.6 Å². The summed E-state index contributed by atoms with van der Waals surface area (Å²) in [5, 5.41) is 0. The number of hydrogen-bond acceptors (Lipinski definition) is 4. The quantitative estimate of drug-likeness (QED) is 0.669. The minimum Gasteiger partial charge on any atom is -0.481 e. The Bertz CT molecular complexity index is 1090. The molecular weight excluding hydrogens is 356 g/mol. The van der Waals surface area contributed by atoms with Crippen LogP contribution in [0.3, 0.4) is 0 Å². The third-order valence-electron chi connectivity index (χ3n) is 3.99. The van der Waals surface area contributed by atoms with Crippen molar-refractivity contribution in [2.75, 3.05) is 6.61 Å². The molecule has 1 N–H and O–H groups in total. The van der Waals surface area contributed by atoms with Gasteiger partial charge in [0.25, 0.3) is 0 Å². The van der Waals surface area contributed by atoms with Crippen LogP contribution in [-0.2, 0) is 13.0 Å². The summed E-state index contributed by atoms with van der Waals surface area (Å²) >= 11 is 0. The lowest BCUT2D eigenvalue weighted by Gasteiger charge is -2.06. The topological polar surface area (TPSA) is 77.2 Å². The van der Waals surface area contributed by atoms with Gasteiger partial charge in [0, 0.05) is 5.56 Å². The highest BCUT2D eigenvalue weighted by Crippen LogP contribution is 2.14. The van der Waals surface area contributed by atoms with Crippen LogP contribution < -0.4 is 16.2 Å². The van der Waals surface area contributed by atoms with Crippen molar-refractivity contribution < 1.29 is 9.26 Å². The van der Waals surface area contributed by atoms with Crippen molar-refractivity contribution in [1.29, 1.82) is 0 Å². The Morgan fingerprint density at radius 2 is 1.89 bits per heavy atom. The van der Waals surface area contributed by atoms with E-state index in [9.17, 15) is 9.59 Å². The number of ether oxygens (including phenoxy) is 1. The molecule has 0 saturated carbocycles. The molecule has 1 aromatic heterocycles. The van der Waals surface area contributed by atoms with Crippen molar-refractivity contribution in [3.05, 3.63) is 86.3 Å². The average molecular weight is 378 g/mol. The number of benzene rings is 2. The Kier molecular flexibility index (Phi) is 6.18. The minimum absolute atomic E-state index is 0.159. The van der Waals surface area contributed by atoms with Gasteiger partial charge in [0.05, 0.1) is 6.54 Å². The molecule has 0 aliphatic rings. The number of H-pyrrole nitrogens is 1. The van der Waals surface area contributed by atoms with Crippen LogP contribution in [0.4, 0.5) is 0 Å². The second-order valence-electron chi connectivity index (χ2n) is 6.88. The molecule has 3 aromatic rings. The molecule has 0 radical (unpaired) electrons. The van der Waals surface area contributed by atoms with Gasteiger partial charge in [-0.2, -0.15) is 0 Å². The van der Waals surface area contributed by atoms with E-state index in [1.165, 1.54) is 5.56 Å². The molecule has 0 amide bonds. The molecule has 2 aromatic carbocycles. The Balaban J connectivity index is 1.57. The van der Waals surface area contributed by atoms with E-state index in [-0.39, 0.29) is 13.2 Å². The van der Waals surface area contributed by atoms with E-state index in [1.807, 2.05) is 36.4 Å². The molecule has 3 rings (SSSR count). The SMILES string of the molecule is CC(C)Cc1ccc(OCC#Cc2cccc(Cn3oc(=O)[nH]c3=O)c2)cc1. The van der Waals surface area contributed by atoms with Crippen LogP contribution in [0.15, 0.2) is 62.6 Å². The first-order chi connectivity index (χ1) is 13.5. The van der Waals surface area contributed by atoms with Crippen molar-refractivity contribution >= 4 is 0 Å². The molecule has 0 fully saturated rings. The van der Waals surface area contributed by atoms with Crippen LogP contribution >= 0.6 is 0 Å². The normalized spacial score (nSPS) is 10.5. The molecule has 0 aliphatic carbocycles. The van der Waals surface area contributed by atoms with Crippen molar-refractivity contribution in [3.8, 4) is 17.6 Å². The van der Waals surface area contributed by atoms with Crippen LogP contribution in [-0.4, -0.2) is 16.3 Å². The van der Waals surface area contributed by atoms with E-state index in [0.29, 0.717) is 5.92 Å². The number of aromatic nitrogens is 2. The molecule has 0 bridgehead atoms. The summed E-state index contributed by atoms with van der Waals surface area (Å²) in [4.78, 5) is 24.6. The first kappa shape index (κ1) is 19.3. The Labute approximate surface area is 162 Å². The Hall–Kier alpha value is -3.46. The van der Waals surface area contributed by atoms with Crippen molar-refractivity contribution in [3.63, 3.8) is 0 Å². The minimum atomic E-state index is -0.768. The molecule has 28 heavy (non-hydrogen) atoms. The summed E-state index contributed by atoms with van der Waals surface area (Å²) in [5.41, 5.74) is 2.31. The standard InChI is InChI=1S/C22H22N2O4/c1-16(2)13-18-8-10-20(11-9-18)27-12-4-7-17-5-3-6-19(14-17)15-24-21(25)23-22(26)28-24/h3,5-6,8-11,14,16H,12-13,15H2,1-2H3,(H,23,25,26). The molecule has 0 aliphatic heterocycles. The zero-order chi connectivity index (χ0) is 19.9. The highest BCUT2D eigenvalue weighted by Gasteiger charge is 2.04. The summed E-state index contributed by atoms with van der Waals surface area (Å²) in [7, 11) is 0. The van der Waals surface area contributed by atoms with E-state index in [0.717, 1.165) is 28.0 Å². The zero-order valence-corrected chi connectivity index (χ0v) is 15.9. The second-order valence-corrected chi connectivity index (χ2v) is 6.88. The van der Waals surface area contributed by atoms with Gasteiger partial charge in [0.1, 0.15) is 12.4 Å². The Morgan fingerprint density at radius 3 is 2.57 bits per heavy atom. The number of rotatable bonds is 6. The maximum Gasteiger partial charge on any atom is 0.440 e. The highest BCUT2D eigenvalue weighted by molar-refractivity contribution is 5.37. The van der Waals surface area contributed by atoms with Gasteiger partial charge in [0.15, 0.2) is 0 Å². The molecule has 0 atom stereocenters. The fourth-order valence-electron chi connectivity index (χ4n) is 2.78. The number of nitrogens with zero attached hydrogens (tertiary/aromatic N) is 1. The smallest absolute Gasteiger partial charge is 0.440 e. The first-order valence-electron chi connectivity index (χ1n) is 9.09. The average Bonchev–Trinajstić information content (AvgIpc) is 2.97. The van der Waals surface area contributed by atoms with Crippen LogP contribution in [0.25, 0.3) is 0 Å². The molecular formula is C22H22N2O4. The van der Waals surface area contributed by atoms with Gasteiger partial charge in [-0.3, -0.25) is 0 Å². The first-order valence-corrected chi connectivity index (χ1v) is 9.09. The number of hydrogen-bond donors (Lipinski definition) is 1. The van der Waals surface area contributed by atoms with Gasteiger partial charge in [0.2, 0.25) is 0 Å². The van der Waals surface area contributed by atoms with Gasteiger partial charge >= 0.3 is 11.4 Å².